The largest absolute Gasteiger partial charge is 0.362 e. The van der Waals surface area contributed by atoms with Crippen LogP contribution in [0.4, 0.5) is 5.69 Å². The third kappa shape index (κ3) is 3.06. The molecule has 1 aromatic rings. The first-order valence-electron chi connectivity index (χ1n) is 4.03. The zero-order valence-corrected chi connectivity index (χ0v) is 7.20. The molecule has 0 saturated carbocycles. The van der Waals surface area contributed by atoms with E-state index in [1.807, 2.05) is 61.7 Å². The third-order valence-corrected chi connectivity index (χ3v) is 1.42. The number of para-hydroxylation sites is 1. The second-order valence-corrected chi connectivity index (χ2v) is 2.40. The van der Waals surface area contributed by atoms with Crippen LogP contribution >= 0.6 is 0 Å². The maximum Gasteiger partial charge on any atom is 0.0379 e. The Morgan fingerprint density at radius 2 is 1.83 bits per heavy atom. The summed E-state index contributed by atoms with van der Waals surface area (Å²) in [4.78, 5) is 0. The molecule has 1 aromatic carbocycles. The summed E-state index contributed by atoms with van der Waals surface area (Å²) in [6.07, 6.45) is 7.85. The Kier molecular flexibility index (Phi) is 3.72. The van der Waals surface area contributed by atoms with E-state index in [0.717, 1.165) is 5.69 Å². The van der Waals surface area contributed by atoms with Gasteiger partial charge in [0.1, 0.15) is 0 Å². The van der Waals surface area contributed by atoms with Gasteiger partial charge < -0.3 is 5.32 Å². The van der Waals surface area contributed by atoms with Crippen molar-refractivity contribution in [1.29, 1.82) is 0 Å². The van der Waals surface area contributed by atoms with E-state index in [4.69, 9.17) is 0 Å². The lowest BCUT2D eigenvalue weighted by atomic mass is 10.3. The zero-order valence-electron chi connectivity index (χ0n) is 7.20. The molecule has 62 valence electrons. The normalized spacial score (nSPS) is 11.1. The fourth-order valence-corrected chi connectivity index (χ4v) is 0.845. The van der Waals surface area contributed by atoms with Crippen LogP contribution in [-0.2, 0) is 0 Å². The highest BCUT2D eigenvalue weighted by Gasteiger charge is 1.81. The quantitative estimate of drug-likeness (QED) is 0.668. The zero-order chi connectivity index (χ0) is 8.65. The summed E-state index contributed by atoms with van der Waals surface area (Å²) in [5.41, 5.74) is 1.11. The first kappa shape index (κ1) is 8.60. The smallest absolute Gasteiger partial charge is 0.0379 e. The van der Waals surface area contributed by atoms with Gasteiger partial charge in [0.25, 0.3) is 0 Å². The summed E-state index contributed by atoms with van der Waals surface area (Å²) in [6, 6.07) is 10.1. The van der Waals surface area contributed by atoms with Crippen molar-refractivity contribution in [1.82, 2.24) is 0 Å². The Balaban J connectivity index is 2.43. The molecule has 0 radical (unpaired) electrons. The van der Waals surface area contributed by atoms with Gasteiger partial charge in [0, 0.05) is 11.9 Å². The first-order chi connectivity index (χ1) is 5.93. The van der Waals surface area contributed by atoms with E-state index in [1.54, 1.807) is 0 Å². The van der Waals surface area contributed by atoms with Gasteiger partial charge in [-0.2, -0.15) is 0 Å². The molecular weight excluding hydrogens is 146 g/mol. The summed E-state index contributed by atoms with van der Waals surface area (Å²) < 4.78 is 0. The molecule has 0 aliphatic rings. The van der Waals surface area contributed by atoms with Crippen molar-refractivity contribution in [2.45, 2.75) is 6.92 Å². The lowest BCUT2D eigenvalue weighted by Crippen LogP contribution is -1.84. The molecule has 0 fully saturated rings. The number of hydrogen-bond acceptors (Lipinski definition) is 1. The van der Waals surface area contributed by atoms with Gasteiger partial charge in [0.05, 0.1) is 0 Å². The standard InChI is InChI=1S/C11H13N/c1-2-3-7-10-12-11-8-5-4-6-9-11/h2-10,12H,1H3/b3-2-,10-7+. The van der Waals surface area contributed by atoms with Crippen molar-refractivity contribution < 1.29 is 0 Å². The monoisotopic (exact) mass is 159 g/mol. The number of hydrogen-bond donors (Lipinski definition) is 1. The van der Waals surface area contributed by atoms with Crippen molar-refractivity contribution in [3.63, 3.8) is 0 Å². The van der Waals surface area contributed by atoms with Crippen molar-refractivity contribution in [2.24, 2.45) is 0 Å². The molecule has 0 aromatic heterocycles. The molecule has 0 aliphatic heterocycles. The predicted octanol–water partition coefficient (Wildman–Crippen LogP) is 3.19. The number of benzene rings is 1. The van der Waals surface area contributed by atoms with Gasteiger partial charge in [-0.25, -0.2) is 0 Å². The summed E-state index contributed by atoms with van der Waals surface area (Å²) in [7, 11) is 0. The van der Waals surface area contributed by atoms with Crippen LogP contribution in [0.1, 0.15) is 6.92 Å². The van der Waals surface area contributed by atoms with E-state index in [2.05, 4.69) is 5.32 Å². The van der Waals surface area contributed by atoms with Crippen LogP contribution in [0.25, 0.3) is 0 Å². The van der Waals surface area contributed by atoms with Gasteiger partial charge in [-0.1, -0.05) is 30.4 Å². The molecule has 12 heavy (non-hydrogen) atoms. The molecule has 0 aliphatic carbocycles. The van der Waals surface area contributed by atoms with Gasteiger partial charge in [0.15, 0.2) is 0 Å². The van der Waals surface area contributed by atoms with Crippen LogP contribution in [0.5, 0.6) is 0 Å². The lowest BCUT2D eigenvalue weighted by Gasteiger charge is -1.96. The van der Waals surface area contributed by atoms with Crippen molar-refractivity contribution in [2.75, 3.05) is 5.32 Å². The average Bonchev–Trinajstić information content (AvgIpc) is 2.14. The molecule has 0 bridgehead atoms. The average molecular weight is 159 g/mol. The molecular formula is C11H13N. The van der Waals surface area contributed by atoms with E-state index in [1.165, 1.54) is 0 Å². The Hall–Kier alpha value is -1.50. The Bertz CT molecular complexity index is 260. The van der Waals surface area contributed by atoms with E-state index < -0.39 is 0 Å². The number of rotatable bonds is 3. The molecule has 1 heteroatoms. The molecule has 0 atom stereocenters. The topological polar surface area (TPSA) is 12.0 Å². The molecule has 0 unspecified atom stereocenters. The number of anilines is 1. The molecule has 0 amide bonds. The maximum absolute atomic E-state index is 3.15. The molecule has 0 spiro atoms. The minimum atomic E-state index is 1.11. The highest BCUT2D eigenvalue weighted by atomic mass is 14.8. The summed E-state index contributed by atoms with van der Waals surface area (Å²) in [5, 5.41) is 3.15. The number of nitrogens with one attached hydrogen (secondary N) is 1. The Labute approximate surface area is 73.4 Å². The fraction of sp³-hybridized carbons (Fsp3) is 0.0909. The van der Waals surface area contributed by atoms with Crippen LogP contribution in [-0.4, -0.2) is 0 Å². The lowest BCUT2D eigenvalue weighted by molar-refractivity contribution is 1.58. The van der Waals surface area contributed by atoms with Crippen molar-refractivity contribution >= 4 is 5.69 Å². The van der Waals surface area contributed by atoms with Gasteiger partial charge >= 0.3 is 0 Å². The van der Waals surface area contributed by atoms with Gasteiger partial charge in [0.2, 0.25) is 0 Å². The SMILES string of the molecule is C/C=C\C=C\Nc1ccccc1. The van der Waals surface area contributed by atoms with E-state index in [-0.39, 0.29) is 0 Å². The summed E-state index contributed by atoms with van der Waals surface area (Å²) in [5.74, 6) is 0. The maximum atomic E-state index is 3.15. The van der Waals surface area contributed by atoms with Crippen molar-refractivity contribution in [3.8, 4) is 0 Å². The van der Waals surface area contributed by atoms with Crippen molar-refractivity contribution in [3.05, 3.63) is 54.8 Å². The molecule has 1 N–H and O–H groups in total. The van der Waals surface area contributed by atoms with Crippen LogP contribution < -0.4 is 5.32 Å². The van der Waals surface area contributed by atoms with Gasteiger partial charge in [-0.15, -0.1) is 0 Å². The Morgan fingerprint density at radius 1 is 1.08 bits per heavy atom. The van der Waals surface area contributed by atoms with Gasteiger partial charge in [-0.05, 0) is 25.1 Å². The van der Waals surface area contributed by atoms with Crippen LogP contribution in [0.15, 0.2) is 54.8 Å². The summed E-state index contributed by atoms with van der Waals surface area (Å²) >= 11 is 0. The van der Waals surface area contributed by atoms with E-state index >= 15 is 0 Å². The first-order valence-corrected chi connectivity index (χ1v) is 4.03. The summed E-state index contributed by atoms with van der Waals surface area (Å²) in [6.45, 7) is 1.99. The second-order valence-electron chi connectivity index (χ2n) is 2.40. The number of allylic oxidation sites excluding steroid dienone is 3. The fourth-order valence-electron chi connectivity index (χ4n) is 0.845. The predicted molar refractivity (Wildman–Crippen MR) is 54.0 cm³/mol. The second kappa shape index (κ2) is 5.19. The van der Waals surface area contributed by atoms with Gasteiger partial charge in [-0.3, -0.25) is 0 Å². The van der Waals surface area contributed by atoms with Crippen LogP contribution in [0.2, 0.25) is 0 Å². The minimum Gasteiger partial charge on any atom is -0.362 e. The molecule has 1 rings (SSSR count). The minimum absolute atomic E-state index is 1.11. The van der Waals surface area contributed by atoms with Crippen LogP contribution in [0, 0.1) is 0 Å². The Morgan fingerprint density at radius 3 is 2.50 bits per heavy atom. The molecule has 0 saturated heterocycles. The van der Waals surface area contributed by atoms with E-state index in [0.29, 0.717) is 0 Å². The third-order valence-electron chi connectivity index (χ3n) is 1.42. The van der Waals surface area contributed by atoms with E-state index in [9.17, 15) is 0 Å². The highest BCUT2D eigenvalue weighted by molar-refractivity contribution is 5.45. The van der Waals surface area contributed by atoms with Crippen LogP contribution in [0.3, 0.4) is 0 Å². The molecule has 0 heterocycles. The highest BCUT2D eigenvalue weighted by Crippen LogP contribution is 2.03. The molecule has 1 nitrogen and oxygen atoms in total.